The first-order valence-corrected chi connectivity index (χ1v) is 4.54. The number of rotatable bonds is 3. The molecule has 6 heteroatoms. The summed E-state index contributed by atoms with van der Waals surface area (Å²) in [5.41, 5.74) is 0.502. The lowest BCUT2D eigenvalue weighted by molar-refractivity contribution is 0.282. The highest BCUT2D eigenvalue weighted by molar-refractivity contribution is 5.45. The van der Waals surface area contributed by atoms with Gasteiger partial charge in [0.05, 0.1) is 14.2 Å². The minimum atomic E-state index is -0.624. The number of nitrogens with zero attached hydrogens (tertiary/aromatic N) is 2. The van der Waals surface area contributed by atoms with Crippen molar-refractivity contribution in [1.29, 1.82) is 0 Å². The van der Waals surface area contributed by atoms with Crippen molar-refractivity contribution in [3.63, 3.8) is 0 Å². The van der Waals surface area contributed by atoms with Crippen LogP contribution in [-0.2, 0) is 0 Å². The molecule has 0 atom stereocenters. The Bertz CT molecular complexity index is 544. The molecule has 0 bridgehead atoms. The van der Waals surface area contributed by atoms with Crippen molar-refractivity contribution in [2.24, 2.45) is 0 Å². The van der Waals surface area contributed by atoms with Crippen molar-refractivity contribution >= 4 is 0 Å². The number of hydrogen-bond donors (Lipinski definition) is 0. The van der Waals surface area contributed by atoms with Gasteiger partial charge in [0.1, 0.15) is 11.4 Å². The first-order valence-electron chi connectivity index (χ1n) is 4.54. The number of benzene rings is 1. The third-order valence-corrected chi connectivity index (χ3v) is 2.02. The minimum Gasteiger partial charge on any atom is -0.494 e. The number of para-hydroxylation sites is 2. The molecule has 0 radical (unpaired) electrons. The molecule has 0 aliphatic carbocycles. The maximum atomic E-state index is 11.5. The average Bonchev–Trinajstić information content (AvgIpc) is 2.70. The van der Waals surface area contributed by atoms with E-state index in [1.165, 1.54) is 14.2 Å². The summed E-state index contributed by atoms with van der Waals surface area (Å²) in [7, 11) is 2.89. The van der Waals surface area contributed by atoms with Crippen LogP contribution in [0.2, 0.25) is 0 Å². The second-order valence-corrected chi connectivity index (χ2v) is 2.92. The predicted molar refractivity (Wildman–Crippen MR) is 55.2 cm³/mol. The highest BCUT2D eigenvalue weighted by atomic mass is 16.6. The zero-order valence-electron chi connectivity index (χ0n) is 8.84. The van der Waals surface area contributed by atoms with Crippen LogP contribution in [0, 0.1) is 0 Å². The maximum absolute atomic E-state index is 11.5. The van der Waals surface area contributed by atoms with Crippen molar-refractivity contribution < 1.29 is 13.9 Å². The van der Waals surface area contributed by atoms with Crippen LogP contribution >= 0.6 is 0 Å². The van der Waals surface area contributed by atoms with E-state index in [1.807, 2.05) is 0 Å². The lowest BCUT2D eigenvalue weighted by Gasteiger charge is -2.04. The summed E-state index contributed by atoms with van der Waals surface area (Å²) >= 11 is 0. The van der Waals surface area contributed by atoms with Gasteiger partial charge in [-0.15, -0.1) is 0 Å². The van der Waals surface area contributed by atoms with Gasteiger partial charge < -0.3 is 13.9 Å². The number of ether oxygens (including phenoxy) is 2. The third-order valence-electron chi connectivity index (χ3n) is 2.02. The van der Waals surface area contributed by atoms with Crippen LogP contribution in [0.25, 0.3) is 5.69 Å². The van der Waals surface area contributed by atoms with E-state index in [2.05, 4.69) is 5.10 Å². The molecular weight excluding hydrogens is 212 g/mol. The Kier molecular flexibility index (Phi) is 2.63. The van der Waals surface area contributed by atoms with Gasteiger partial charge in [0.25, 0.3) is 0 Å². The molecule has 1 aromatic heterocycles. The normalized spacial score (nSPS) is 10.1. The molecule has 0 aliphatic heterocycles. The molecule has 0 fully saturated rings. The van der Waals surface area contributed by atoms with Gasteiger partial charge in [0.15, 0.2) is 0 Å². The fourth-order valence-corrected chi connectivity index (χ4v) is 1.30. The topological polar surface area (TPSA) is 66.5 Å². The molecule has 0 spiro atoms. The zero-order chi connectivity index (χ0) is 11.5. The summed E-state index contributed by atoms with van der Waals surface area (Å²) in [5, 5.41) is 3.84. The molecule has 2 aromatic rings. The van der Waals surface area contributed by atoms with Gasteiger partial charge >= 0.3 is 11.8 Å². The molecule has 0 saturated heterocycles. The quantitative estimate of drug-likeness (QED) is 0.769. The highest BCUT2D eigenvalue weighted by Gasteiger charge is 2.13. The Balaban J connectivity index is 2.58. The van der Waals surface area contributed by atoms with Gasteiger partial charge in [-0.05, 0) is 12.1 Å². The van der Waals surface area contributed by atoms with Crippen molar-refractivity contribution in [3.8, 4) is 17.5 Å². The molecule has 1 aromatic carbocycles. The first-order chi connectivity index (χ1) is 7.76. The minimum absolute atomic E-state index is 0.0871. The second-order valence-electron chi connectivity index (χ2n) is 2.92. The molecule has 0 saturated carbocycles. The molecule has 2 rings (SSSR count). The van der Waals surface area contributed by atoms with Gasteiger partial charge in [-0.2, -0.15) is 4.68 Å². The second kappa shape index (κ2) is 4.09. The van der Waals surface area contributed by atoms with Gasteiger partial charge in [0.2, 0.25) is 0 Å². The van der Waals surface area contributed by atoms with Gasteiger partial charge in [-0.25, -0.2) is 4.79 Å². The fourth-order valence-electron chi connectivity index (χ4n) is 1.30. The zero-order valence-corrected chi connectivity index (χ0v) is 8.84. The maximum Gasteiger partial charge on any atom is 0.444 e. The predicted octanol–water partition coefficient (Wildman–Crippen LogP) is 0.843. The number of hydrogen-bond acceptors (Lipinski definition) is 5. The monoisotopic (exact) mass is 222 g/mol. The molecule has 16 heavy (non-hydrogen) atoms. The molecule has 0 aliphatic rings. The van der Waals surface area contributed by atoms with E-state index >= 15 is 0 Å². The average molecular weight is 222 g/mol. The summed E-state index contributed by atoms with van der Waals surface area (Å²) < 4.78 is 15.7. The van der Waals surface area contributed by atoms with Crippen LogP contribution < -0.4 is 15.2 Å². The van der Waals surface area contributed by atoms with Crippen LogP contribution in [-0.4, -0.2) is 24.0 Å². The Morgan fingerprint density at radius 3 is 2.62 bits per heavy atom. The molecule has 84 valence electrons. The van der Waals surface area contributed by atoms with Gasteiger partial charge in [-0.3, -0.25) is 0 Å². The van der Waals surface area contributed by atoms with Crippen LogP contribution in [0.1, 0.15) is 0 Å². The van der Waals surface area contributed by atoms with Crippen LogP contribution in [0.3, 0.4) is 0 Å². The smallest absolute Gasteiger partial charge is 0.444 e. The van der Waals surface area contributed by atoms with Crippen molar-refractivity contribution in [1.82, 2.24) is 9.78 Å². The van der Waals surface area contributed by atoms with Gasteiger partial charge in [0, 0.05) is 0 Å². The van der Waals surface area contributed by atoms with Crippen LogP contribution in [0.4, 0.5) is 0 Å². The Morgan fingerprint density at radius 1 is 1.25 bits per heavy atom. The third kappa shape index (κ3) is 1.65. The molecule has 0 N–H and O–H groups in total. The Labute approximate surface area is 91.0 Å². The summed E-state index contributed by atoms with van der Waals surface area (Å²) in [6.07, 6.45) is -0.0871. The lowest BCUT2D eigenvalue weighted by atomic mass is 10.3. The SMILES string of the molecule is COc1nn(-c2ccccc2OC)c(=O)o1. The molecular formula is C10H10N2O4. The molecule has 0 unspecified atom stereocenters. The van der Waals surface area contributed by atoms with E-state index in [0.29, 0.717) is 11.4 Å². The van der Waals surface area contributed by atoms with Crippen molar-refractivity contribution in [2.45, 2.75) is 0 Å². The van der Waals surface area contributed by atoms with Crippen LogP contribution in [0.5, 0.6) is 11.8 Å². The van der Waals surface area contributed by atoms with E-state index in [1.54, 1.807) is 24.3 Å². The molecule has 0 amide bonds. The standard InChI is InChI=1S/C10H10N2O4/c1-14-8-6-4-3-5-7(8)12-10(13)16-9(11-12)15-2/h3-6H,1-2H3. The first kappa shape index (κ1) is 10.3. The van der Waals surface area contributed by atoms with Crippen molar-refractivity contribution in [2.75, 3.05) is 14.2 Å². The number of aromatic nitrogens is 2. The van der Waals surface area contributed by atoms with E-state index in [4.69, 9.17) is 13.9 Å². The molecule has 6 nitrogen and oxygen atoms in total. The molecule has 1 heterocycles. The summed E-state index contributed by atoms with van der Waals surface area (Å²) in [6, 6.07) is 6.99. The Morgan fingerprint density at radius 2 is 2.00 bits per heavy atom. The van der Waals surface area contributed by atoms with E-state index in [9.17, 15) is 4.79 Å². The fraction of sp³-hybridized carbons (Fsp3) is 0.200. The van der Waals surface area contributed by atoms with Crippen molar-refractivity contribution in [3.05, 3.63) is 34.8 Å². The highest BCUT2D eigenvalue weighted by Crippen LogP contribution is 2.20. The number of methoxy groups -OCH3 is 2. The largest absolute Gasteiger partial charge is 0.494 e. The lowest BCUT2D eigenvalue weighted by Crippen LogP contribution is -2.14. The summed E-state index contributed by atoms with van der Waals surface area (Å²) in [6.45, 7) is 0. The van der Waals surface area contributed by atoms with E-state index in [0.717, 1.165) is 4.68 Å². The van der Waals surface area contributed by atoms with E-state index in [-0.39, 0.29) is 6.08 Å². The Hall–Kier alpha value is -2.24. The summed E-state index contributed by atoms with van der Waals surface area (Å²) in [5.74, 6) is -0.0955. The van der Waals surface area contributed by atoms with E-state index < -0.39 is 5.76 Å². The summed E-state index contributed by atoms with van der Waals surface area (Å²) in [4.78, 5) is 11.5. The van der Waals surface area contributed by atoms with Gasteiger partial charge in [-0.1, -0.05) is 17.2 Å². The van der Waals surface area contributed by atoms with Crippen LogP contribution in [0.15, 0.2) is 33.5 Å².